The van der Waals surface area contributed by atoms with Gasteiger partial charge < -0.3 is 9.50 Å². The first-order valence-electron chi connectivity index (χ1n) is 8.42. The van der Waals surface area contributed by atoms with E-state index in [-0.39, 0.29) is 10.6 Å². The molecule has 0 amide bonds. The molecule has 0 aromatic heterocycles. The third-order valence-corrected chi connectivity index (χ3v) is 5.20. The summed E-state index contributed by atoms with van der Waals surface area (Å²) in [6, 6.07) is 23.7. The second-order valence-corrected chi connectivity index (χ2v) is 7.59. The highest BCUT2D eigenvalue weighted by atomic mass is 32.2. The predicted octanol–water partition coefficient (Wildman–Crippen LogP) is 4.42. The first-order chi connectivity index (χ1) is 12.5. The number of nitrogens with one attached hydrogen (secondary N) is 1. The highest BCUT2D eigenvalue weighted by molar-refractivity contribution is 7.87. The molecule has 0 aliphatic carbocycles. The Hall–Kier alpha value is -2.79. The third-order valence-electron chi connectivity index (χ3n) is 3.94. The zero-order valence-electron chi connectivity index (χ0n) is 14.6. The maximum Gasteiger partial charge on any atom is 0.339 e. The van der Waals surface area contributed by atoms with Crippen molar-refractivity contribution < 1.29 is 12.6 Å². The minimum atomic E-state index is -3.84. The molecule has 3 aromatic carbocycles. The van der Waals surface area contributed by atoms with Crippen LogP contribution in [-0.2, 0) is 16.5 Å². The minimum absolute atomic E-state index is 0.144. The van der Waals surface area contributed by atoms with Gasteiger partial charge in [-0.2, -0.15) is 8.42 Å². The van der Waals surface area contributed by atoms with E-state index in [1.807, 2.05) is 31.2 Å². The molecule has 0 aliphatic heterocycles. The standard InChI is InChI=1S/C21H21NO3S/c1-17-10-12-21(13-11-17)26(23,24)25-20-9-5-8-19(16-20)22-15-14-18-6-3-2-4-7-18/h2-13,16,22H,14-15H2,1H3. The SMILES string of the molecule is Cc1ccc(S(=O)(=O)Oc2cccc(NCCc3ccccc3)c2)cc1. The Bertz CT molecular complexity index is 952. The van der Waals surface area contributed by atoms with E-state index in [0.717, 1.165) is 24.2 Å². The Morgan fingerprint density at radius 2 is 1.62 bits per heavy atom. The summed E-state index contributed by atoms with van der Waals surface area (Å²) in [7, 11) is -3.84. The molecular weight excluding hydrogens is 346 g/mol. The predicted molar refractivity (Wildman–Crippen MR) is 104 cm³/mol. The van der Waals surface area contributed by atoms with Gasteiger partial charge in [-0.25, -0.2) is 0 Å². The van der Waals surface area contributed by atoms with Crippen molar-refractivity contribution in [3.8, 4) is 5.75 Å². The van der Waals surface area contributed by atoms with Crippen molar-refractivity contribution in [3.05, 3.63) is 90.0 Å². The Morgan fingerprint density at radius 3 is 2.35 bits per heavy atom. The van der Waals surface area contributed by atoms with Gasteiger partial charge in [-0.3, -0.25) is 0 Å². The van der Waals surface area contributed by atoms with Crippen molar-refractivity contribution in [2.45, 2.75) is 18.2 Å². The highest BCUT2D eigenvalue weighted by Gasteiger charge is 2.16. The van der Waals surface area contributed by atoms with Gasteiger partial charge in [-0.1, -0.05) is 54.1 Å². The number of benzene rings is 3. The fraction of sp³-hybridized carbons (Fsp3) is 0.143. The molecule has 0 fully saturated rings. The van der Waals surface area contributed by atoms with Crippen molar-refractivity contribution in [2.75, 3.05) is 11.9 Å². The van der Waals surface area contributed by atoms with E-state index >= 15 is 0 Å². The summed E-state index contributed by atoms with van der Waals surface area (Å²) < 4.78 is 30.0. The minimum Gasteiger partial charge on any atom is -0.385 e. The zero-order chi connectivity index (χ0) is 18.4. The molecule has 0 bridgehead atoms. The molecule has 0 radical (unpaired) electrons. The summed E-state index contributed by atoms with van der Waals surface area (Å²) in [5.41, 5.74) is 3.06. The van der Waals surface area contributed by atoms with Crippen LogP contribution in [0.25, 0.3) is 0 Å². The summed E-state index contributed by atoms with van der Waals surface area (Å²) in [5.74, 6) is 0.287. The van der Waals surface area contributed by atoms with Crippen molar-refractivity contribution >= 4 is 15.8 Å². The molecule has 3 rings (SSSR count). The molecular formula is C21H21NO3S. The lowest BCUT2D eigenvalue weighted by Gasteiger charge is -2.10. The highest BCUT2D eigenvalue weighted by Crippen LogP contribution is 2.22. The lowest BCUT2D eigenvalue weighted by Crippen LogP contribution is -2.10. The summed E-state index contributed by atoms with van der Waals surface area (Å²) in [6.45, 7) is 2.65. The molecule has 3 aromatic rings. The number of aryl methyl sites for hydroxylation is 1. The van der Waals surface area contributed by atoms with E-state index in [4.69, 9.17) is 4.18 Å². The van der Waals surface area contributed by atoms with Gasteiger partial charge in [-0.15, -0.1) is 0 Å². The van der Waals surface area contributed by atoms with Crippen LogP contribution in [0, 0.1) is 6.92 Å². The van der Waals surface area contributed by atoms with E-state index in [1.165, 1.54) is 5.56 Å². The maximum absolute atomic E-state index is 12.4. The van der Waals surface area contributed by atoms with E-state index in [9.17, 15) is 8.42 Å². The van der Waals surface area contributed by atoms with Crippen LogP contribution < -0.4 is 9.50 Å². The van der Waals surface area contributed by atoms with E-state index in [1.54, 1.807) is 42.5 Å². The van der Waals surface area contributed by atoms with Crippen molar-refractivity contribution in [1.82, 2.24) is 0 Å². The van der Waals surface area contributed by atoms with Gasteiger partial charge in [0, 0.05) is 18.3 Å². The first kappa shape index (κ1) is 18.0. The van der Waals surface area contributed by atoms with Crippen LogP contribution in [0.5, 0.6) is 5.75 Å². The van der Waals surface area contributed by atoms with Gasteiger partial charge in [0.15, 0.2) is 0 Å². The van der Waals surface area contributed by atoms with Gasteiger partial charge >= 0.3 is 10.1 Å². The van der Waals surface area contributed by atoms with Crippen LogP contribution >= 0.6 is 0 Å². The van der Waals surface area contributed by atoms with Crippen molar-refractivity contribution in [1.29, 1.82) is 0 Å². The molecule has 0 unspecified atom stereocenters. The summed E-state index contributed by atoms with van der Waals surface area (Å²) in [5, 5.41) is 3.29. The van der Waals surface area contributed by atoms with E-state index in [2.05, 4.69) is 17.4 Å². The van der Waals surface area contributed by atoms with Crippen molar-refractivity contribution in [2.24, 2.45) is 0 Å². The Balaban J connectivity index is 1.64. The third kappa shape index (κ3) is 4.86. The van der Waals surface area contributed by atoms with Gasteiger partial charge in [0.1, 0.15) is 10.6 Å². The summed E-state index contributed by atoms with van der Waals surface area (Å²) >= 11 is 0. The Labute approximate surface area is 154 Å². The fourth-order valence-electron chi connectivity index (χ4n) is 2.53. The van der Waals surface area contributed by atoms with Crippen molar-refractivity contribution in [3.63, 3.8) is 0 Å². The molecule has 1 N–H and O–H groups in total. The number of hydrogen-bond acceptors (Lipinski definition) is 4. The normalized spacial score (nSPS) is 11.1. The van der Waals surface area contributed by atoms with Crippen LogP contribution in [0.4, 0.5) is 5.69 Å². The van der Waals surface area contributed by atoms with Gasteiger partial charge in [-0.05, 0) is 43.2 Å². The molecule has 4 nitrogen and oxygen atoms in total. The Morgan fingerprint density at radius 1 is 0.885 bits per heavy atom. The lowest BCUT2D eigenvalue weighted by molar-refractivity contribution is 0.486. The zero-order valence-corrected chi connectivity index (χ0v) is 15.4. The first-order valence-corrected chi connectivity index (χ1v) is 9.83. The topological polar surface area (TPSA) is 55.4 Å². The van der Waals surface area contributed by atoms with Crippen LogP contribution in [0.15, 0.2) is 83.8 Å². The average molecular weight is 367 g/mol. The van der Waals surface area contributed by atoms with Crippen LogP contribution in [0.1, 0.15) is 11.1 Å². The number of hydrogen-bond donors (Lipinski definition) is 1. The monoisotopic (exact) mass is 367 g/mol. The van der Waals surface area contributed by atoms with Crippen LogP contribution in [0.2, 0.25) is 0 Å². The molecule has 5 heteroatoms. The van der Waals surface area contributed by atoms with Gasteiger partial charge in [0.25, 0.3) is 0 Å². The fourth-order valence-corrected chi connectivity index (χ4v) is 3.46. The second kappa shape index (κ2) is 8.06. The molecule has 0 saturated heterocycles. The van der Waals surface area contributed by atoms with Crippen LogP contribution in [-0.4, -0.2) is 15.0 Å². The number of anilines is 1. The quantitative estimate of drug-likeness (QED) is 0.628. The molecule has 0 saturated carbocycles. The van der Waals surface area contributed by atoms with E-state index < -0.39 is 10.1 Å². The summed E-state index contributed by atoms with van der Waals surface area (Å²) in [6.07, 6.45) is 0.883. The lowest BCUT2D eigenvalue weighted by atomic mass is 10.1. The van der Waals surface area contributed by atoms with E-state index in [0.29, 0.717) is 0 Å². The molecule has 0 atom stereocenters. The maximum atomic E-state index is 12.4. The van der Waals surface area contributed by atoms with Crippen LogP contribution in [0.3, 0.4) is 0 Å². The molecule has 26 heavy (non-hydrogen) atoms. The summed E-state index contributed by atoms with van der Waals surface area (Å²) in [4.78, 5) is 0.144. The molecule has 0 spiro atoms. The largest absolute Gasteiger partial charge is 0.385 e. The average Bonchev–Trinajstić information content (AvgIpc) is 2.63. The van der Waals surface area contributed by atoms with Gasteiger partial charge in [0.05, 0.1) is 0 Å². The second-order valence-electron chi connectivity index (χ2n) is 6.04. The smallest absolute Gasteiger partial charge is 0.339 e. The molecule has 134 valence electrons. The Kier molecular flexibility index (Phi) is 5.58. The molecule has 0 aliphatic rings. The number of rotatable bonds is 7. The van der Waals surface area contributed by atoms with Gasteiger partial charge in [0.2, 0.25) is 0 Å². The molecule has 0 heterocycles.